The Balaban J connectivity index is 4.54. The molecule has 0 rings (SSSR count). The van der Waals surface area contributed by atoms with E-state index in [9.17, 15) is 4.79 Å². The summed E-state index contributed by atoms with van der Waals surface area (Å²) in [7, 11) is 0. The first-order valence-corrected chi connectivity index (χ1v) is 2.47. The molecule has 48 valence electrons. The van der Waals surface area contributed by atoms with Gasteiger partial charge in [0.1, 0.15) is 0 Å². The van der Waals surface area contributed by atoms with Gasteiger partial charge in [0, 0.05) is 11.1 Å². The van der Waals surface area contributed by atoms with Crippen LogP contribution in [0.5, 0.6) is 0 Å². The maximum absolute atomic E-state index is 10.1. The van der Waals surface area contributed by atoms with E-state index in [-0.39, 0.29) is 5.57 Å². The molecule has 0 atom stereocenters. The molecule has 0 radical (unpaired) electrons. The van der Waals surface area contributed by atoms with E-state index in [1.54, 1.807) is 6.92 Å². The van der Waals surface area contributed by atoms with Crippen LogP contribution in [0.3, 0.4) is 0 Å². The lowest BCUT2D eigenvalue weighted by Crippen LogP contribution is -1.97. The third-order valence-corrected chi connectivity index (χ3v) is 1.10. The van der Waals surface area contributed by atoms with Crippen LogP contribution in [-0.2, 0) is 4.79 Å². The summed E-state index contributed by atoms with van der Waals surface area (Å²) in [6.45, 7) is 3.08. The number of terminal acetylenes is 1. The van der Waals surface area contributed by atoms with Gasteiger partial charge in [-0.2, -0.15) is 0 Å². The van der Waals surface area contributed by atoms with E-state index in [2.05, 4.69) is 5.92 Å². The zero-order valence-corrected chi connectivity index (χ0v) is 5.43. The molecule has 0 fully saturated rings. The monoisotopic (exact) mass is 124 g/mol. The molecule has 0 aromatic rings. The van der Waals surface area contributed by atoms with Crippen LogP contribution in [0.25, 0.3) is 0 Å². The molecule has 2 nitrogen and oxygen atoms in total. The lowest BCUT2D eigenvalue weighted by molar-refractivity contribution is -0.132. The first kappa shape index (κ1) is 7.77. The number of carbonyl (C=O) groups is 1. The number of allylic oxidation sites excluding steroid dienone is 1. The summed E-state index contributed by atoms with van der Waals surface area (Å²) in [5.41, 5.74) is 0.708. The van der Waals surface area contributed by atoms with Gasteiger partial charge < -0.3 is 5.11 Å². The molecule has 0 aromatic heterocycles. The van der Waals surface area contributed by atoms with Gasteiger partial charge in [0.25, 0.3) is 0 Å². The highest BCUT2D eigenvalue weighted by molar-refractivity contribution is 5.87. The van der Waals surface area contributed by atoms with Crippen molar-refractivity contribution in [1.82, 2.24) is 0 Å². The van der Waals surface area contributed by atoms with E-state index in [0.717, 1.165) is 0 Å². The van der Waals surface area contributed by atoms with E-state index >= 15 is 0 Å². The summed E-state index contributed by atoms with van der Waals surface area (Å²) < 4.78 is 0. The lowest BCUT2D eigenvalue weighted by Gasteiger charge is -1.91. The third-order valence-electron chi connectivity index (χ3n) is 1.10. The highest BCUT2D eigenvalue weighted by Gasteiger charge is 2.01. The zero-order chi connectivity index (χ0) is 7.44. The average molecular weight is 124 g/mol. The van der Waals surface area contributed by atoms with Gasteiger partial charge in [-0.05, 0) is 13.8 Å². The van der Waals surface area contributed by atoms with Crippen molar-refractivity contribution in [3.8, 4) is 12.3 Å². The number of carboxylic acids is 1. The molecule has 0 heterocycles. The van der Waals surface area contributed by atoms with Gasteiger partial charge in [0.15, 0.2) is 0 Å². The normalized spacial score (nSPS) is 11.7. The molecule has 9 heavy (non-hydrogen) atoms. The SMILES string of the molecule is C#C/C(C)=C(\C)C(=O)O. The van der Waals surface area contributed by atoms with E-state index in [1.807, 2.05) is 0 Å². The Morgan fingerprint density at radius 3 is 2.11 bits per heavy atom. The summed E-state index contributed by atoms with van der Waals surface area (Å²) >= 11 is 0. The zero-order valence-electron chi connectivity index (χ0n) is 5.43. The molecule has 0 saturated carbocycles. The second kappa shape index (κ2) is 2.93. The van der Waals surface area contributed by atoms with Crippen LogP contribution in [0.2, 0.25) is 0 Å². The lowest BCUT2D eigenvalue weighted by atomic mass is 10.2. The predicted molar refractivity (Wildman–Crippen MR) is 34.8 cm³/mol. The predicted octanol–water partition coefficient (Wildman–Crippen LogP) is 1.04. The second-order valence-electron chi connectivity index (χ2n) is 1.70. The van der Waals surface area contributed by atoms with Crippen molar-refractivity contribution in [2.75, 3.05) is 0 Å². The van der Waals surface area contributed by atoms with Crippen LogP contribution in [0.4, 0.5) is 0 Å². The van der Waals surface area contributed by atoms with Crippen LogP contribution < -0.4 is 0 Å². The largest absolute Gasteiger partial charge is 0.478 e. The standard InChI is InChI=1S/C7H8O2/c1-4-5(2)6(3)7(8)9/h1H,2-3H3,(H,8,9)/b6-5+. The number of carboxylic acid groups (broad SMARTS) is 1. The number of rotatable bonds is 1. The van der Waals surface area contributed by atoms with Gasteiger partial charge in [0.05, 0.1) is 0 Å². The fraction of sp³-hybridized carbons (Fsp3) is 0.286. The van der Waals surface area contributed by atoms with Crippen molar-refractivity contribution >= 4 is 5.97 Å². The molecule has 0 aliphatic rings. The van der Waals surface area contributed by atoms with Crippen molar-refractivity contribution in [3.05, 3.63) is 11.1 Å². The highest BCUT2D eigenvalue weighted by atomic mass is 16.4. The summed E-state index contributed by atoms with van der Waals surface area (Å²) in [5, 5.41) is 8.33. The molecule has 0 aliphatic heterocycles. The Labute approximate surface area is 54.2 Å². The quantitative estimate of drug-likeness (QED) is 0.419. The van der Waals surface area contributed by atoms with Gasteiger partial charge in [-0.25, -0.2) is 4.79 Å². The van der Waals surface area contributed by atoms with E-state index in [4.69, 9.17) is 11.5 Å². The summed E-state index contributed by atoms with van der Waals surface area (Å²) in [6.07, 6.45) is 4.94. The molecule has 0 amide bonds. The Morgan fingerprint density at radius 2 is 2.00 bits per heavy atom. The van der Waals surface area contributed by atoms with Crippen molar-refractivity contribution in [1.29, 1.82) is 0 Å². The molecule has 2 heteroatoms. The molecular formula is C7H8O2. The number of hydrogen-bond donors (Lipinski definition) is 1. The van der Waals surface area contributed by atoms with Crippen LogP contribution in [0, 0.1) is 12.3 Å². The summed E-state index contributed by atoms with van der Waals surface area (Å²) in [6, 6.07) is 0. The molecular weight excluding hydrogens is 116 g/mol. The first-order valence-electron chi connectivity index (χ1n) is 2.47. The maximum Gasteiger partial charge on any atom is 0.332 e. The summed E-state index contributed by atoms with van der Waals surface area (Å²) in [4.78, 5) is 10.1. The van der Waals surface area contributed by atoms with Crippen LogP contribution in [-0.4, -0.2) is 11.1 Å². The van der Waals surface area contributed by atoms with Gasteiger partial charge in [0.2, 0.25) is 0 Å². The molecule has 0 bridgehead atoms. The second-order valence-corrected chi connectivity index (χ2v) is 1.70. The average Bonchev–Trinajstić information content (AvgIpc) is 1.84. The summed E-state index contributed by atoms with van der Waals surface area (Å²) in [5.74, 6) is 1.29. The van der Waals surface area contributed by atoms with Crippen molar-refractivity contribution < 1.29 is 9.90 Å². The molecule has 0 aromatic carbocycles. The fourth-order valence-electron chi connectivity index (χ4n) is 0.269. The molecule has 0 spiro atoms. The van der Waals surface area contributed by atoms with Gasteiger partial charge in [-0.3, -0.25) is 0 Å². The molecule has 0 aliphatic carbocycles. The minimum atomic E-state index is -0.953. The number of hydrogen-bond acceptors (Lipinski definition) is 1. The van der Waals surface area contributed by atoms with Crippen LogP contribution >= 0.6 is 0 Å². The minimum absolute atomic E-state index is 0.234. The van der Waals surface area contributed by atoms with E-state index in [0.29, 0.717) is 5.57 Å². The van der Waals surface area contributed by atoms with Crippen LogP contribution in [0.1, 0.15) is 13.8 Å². The van der Waals surface area contributed by atoms with E-state index in [1.165, 1.54) is 6.92 Å². The van der Waals surface area contributed by atoms with Crippen molar-refractivity contribution in [3.63, 3.8) is 0 Å². The Bertz CT molecular complexity index is 193. The van der Waals surface area contributed by atoms with Gasteiger partial charge in [-0.1, -0.05) is 5.92 Å². The molecule has 0 saturated heterocycles. The fourth-order valence-corrected chi connectivity index (χ4v) is 0.269. The highest BCUT2D eigenvalue weighted by Crippen LogP contribution is 2.00. The first-order chi connectivity index (χ1) is 4.09. The van der Waals surface area contributed by atoms with Crippen molar-refractivity contribution in [2.45, 2.75) is 13.8 Å². The molecule has 0 unspecified atom stereocenters. The minimum Gasteiger partial charge on any atom is -0.478 e. The third kappa shape index (κ3) is 2.00. The Morgan fingerprint density at radius 1 is 1.56 bits per heavy atom. The van der Waals surface area contributed by atoms with Gasteiger partial charge in [-0.15, -0.1) is 6.42 Å². The Kier molecular flexibility index (Phi) is 2.53. The maximum atomic E-state index is 10.1. The molecule has 1 N–H and O–H groups in total. The number of aliphatic carboxylic acids is 1. The van der Waals surface area contributed by atoms with Crippen molar-refractivity contribution in [2.24, 2.45) is 0 Å². The van der Waals surface area contributed by atoms with Crippen LogP contribution in [0.15, 0.2) is 11.1 Å². The van der Waals surface area contributed by atoms with Gasteiger partial charge >= 0.3 is 5.97 Å². The topological polar surface area (TPSA) is 37.3 Å². The smallest absolute Gasteiger partial charge is 0.332 e. The van der Waals surface area contributed by atoms with E-state index < -0.39 is 5.97 Å². The Hall–Kier alpha value is -1.23.